The largest absolute Gasteiger partial charge is 0.396 e. The summed E-state index contributed by atoms with van der Waals surface area (Å²) in [6.45, 7) is 0.128. The number of aliphatic hydroxyl groups is 1. The van der Waals surface area contributed by atoms with Crippen LogP contribution in [0.4, 0.5) is 0 Å². The predicted molar refractivity (Wildman–Crippen MR) is 71.4 cm³/mol. The van der Waals surface area contributed by atoms with Crippen molar-refractivity contribution >= 4 is 5.65 Å². The Bertz CT molecular complexity index is 659. The van der Waals surface area contributed by atoms with E-state index in [2.05, 4.69) is 4.98 Å². The van der Waals surface area contributed by atoms with E-state index in [9.17, 15) is 5.11 Å². The summed E-state index contributed by atoms with van der Waals surface area (Å²) in [7, 11) is 0. The van der Waals surface area contributed by atoms with Crippen LogP contribution in [0.5, 0.6) is 0 Å². The summed E-state index contributed by atoms with van der Waals surface area (Å²) >= 11 is 0. The van der Waals surface area contributed by atoms with Crippen molar-refractivity contribution in [3.05, 3.63) is 60.4 Å². The average molecular weight is 238 g/mol. The number of aliphatic hydroxyl groups excluding tert-OH is 1. The van der Waals surface area contributed by atoms with Gasteiger partial charge in [-0.1, -0.05) is 36.4 Å². The smallest absolute Gasteiger partial charge is 0.137 e. The highest BCUT2D eigenvalue weighted by Crippen LogP contribution is 2.24. The van der Waals surface area contributed by atoms with E-state index in [4.69, 9.17) is 0 Å². The van der Waals surface area contributed by atoms with Gasteiger partial charge in [0, 0.05) is 24.8 Å². The van der Waals surface area contributed by atoms with Crippen molar-refractivity contribution in [3.8, 4) is 11.3 Å². The molecule has 0 bridgehead atoms. The average Bonchev–Trinajstić information content (AvgIpc) is 2.80. The molecule has 0 saturated heterocycles. The minimum Gasteiger partial charge on any atom is -0.396 e. The summed E-state index contributed by atoms with van der Waals surface area (Å²) in [4.78, 5) is 4.65. The van der Waals surface area contributed by atoms with Gasteiger partial charge >= 0.3 is 0 Å². The Balaban J connectivity index is 2.25. The number of hydrogen-bond acceptors (Lipinski definition) is 2. The van der Waals surface area contributed by atoms with Gasteiger partial charge in [0.25, 0.3) is 0 Å². The fourth-order valence-corrected chi connectivity index (χ4v) is 2.22. The van der Waals surface area contributed by atoms with Gasteiger partial charge in [0.15, 0.2) is 0 Å². The SMILES string of the molecule is OCCc1c(-c2ccccc2)nc2ccccn12. The van der Waals surface area contributed by atoms with Crippen molar-refractivity contribution < 1.29 is 5.11 Å². The second-order valence-electron chi connectivity index (χ2n) is 4.18. The molecule has 3 nitrogen and oxygen atoms in total. The van der Waals surface area contributed by atoms with Gasteiger partial charge in [-0.2, -0.15) is 0 Å². The molecule has 3 rings (SSSR count). The van der Waals surface area contributed by atoms with Crippen LogP contribution in [0.15, 0.2) is 54.7 Å². The second kappa shape index (κ2) is 4.63. The van der Waals surface area contributed by atoms with Gasteiger partial charge in [-0.25, -0.2) is 4.98 Å². The van der Waals surface area contributed by atoms with Gasteiger partial charge in [-0.05, 0) is 12.1 Å². The number of nitrogens with zero attached hydrogens (tertiary/aromatic N) is 2. The molecular weight excluding hydrogens is 224 g/mol. The van der Waals surface area contributed by atoms with E-state index in [1.54, 1.807) is 0 Å². The maximum atomic E-state index is 9.23. The molecule has 2 aromatic heterocycles. The third-order valence-electron chi connectivity index (χ3n) is 3.02. The minimum absolute atomic E-state index is 0.128. The topological polar surface area (TPSA) is 37.5 Å². The van der Waals surface area contributed by atoms with Crippen molar-refractivity contribution in [2.45, 2.75) is 6.42 Å². The number of benzene rings is 1. The Morgan fingerprint density at radius 1 is 1.00 bits per heavy atom. The highest BCUT2D eigenvalue weighted by atomic mass is 16.3. The first kappa shape index (κ1) is 11.0. The third-order valence-corrected chi connectivity index (χ3v) is 3.02. The van der Waals surface area contributed by atoms with Crippen molar-refractivity contribution in [1.29, 1.82) is 0 Å². The lowest BCUT2D eigenvalue weighted by Crippen LogP contribution is -1.98. The van der Waals surface area contributed by atoms with E-state index in [0.29, 0.717) is 6.42 Å². The highest BCUT2D eigenvalue weighted by molar-refractivity contribution is 5.66. The summed E-state index contributed by atoms with van der Waals surface area (Å²) < 4.78 is 2.04. The lowest BCUT2D eigenvalue weighted by Gasteiger charge is -2.03. The molecule has 0 amide bonds. The number of rotatable bonds is 3. The van der Waals surface area contributed by atoms with E-state index < -0.39 is 0 Å². The fraction of sp³-hybridized carbons (Fsp3) is 0.133. The van der Waals surface area contributed by atoms with E-state index >= 15 is 0 Å². The van der Waals surface area contributed by atoms with Crippen molar-refractivity contribution in [2.75, 3.05) is 6.61 Å². The summed E-state index contributed by atoms with van der Waals surface area (Å²) in [5.74, 6) is 0. The molecule has 1 aromatic carbocycles. The number of pyridine rings is 1. The first-order valence-corrected chi connectivity index (χ1v) is 6.02. The van der Waals surface area contributed by atoms with E-state index in [0.717, 1.165) is 22.6 Å². The minimum atomic E-state index is 0.128. The first-order chi connectivity index (χ1) is 8.90. The van der Waals surface area contributed by atoms with Gasteiger partial charge in [0.2, 0.25) is 0 Å². The highest BCUT2D eigenvalue weighted by Gasteiger charge is 2.12. The molecule has 0 saturated carbocycles. The van der Waals surface area contributed by atoms with Crippen LogP contribution in [-0.2, 0) is 6.42 Å². The van der Waals surface area contributed by atoms with E-state index in [-0.39, 0.29) is 6.61 Å². The number of hydrogen-bond donors (Lipinski definition) is 1. The van der Waals surface area contributed by atoms with Crippen LogP contribution in [0, 0.1) is 0 Å². The van der Waals surface area contributed by atoms with E-state index in [1.807, 2.05) is 59.1 Å². The molecule has 3 aromatic rings. The van der Waals surface area contributed by atoms with Crippen molar-refractivity contribution in [3.63, 3.8) is 0 Å². The zero-order valence-electron chi connectivity index (χ0n) is 9.95. The van der Waals surface area contributed by atoms with Crippen LogP contribution in [0.25, 0.3) is 16.9 Å². The Labute approximate surface area is 105 Å². The van der Waals surface area contributed by atoms with Crippen molar-refractivity contribution in [1.82, 2.24) is 9.38 Å². The molecule has 0 spiro atoms. The Morgan fingerprint density at radius 2 is 1.78 bits per heavy atom. The number of imidazole rings is 1. The van der Waals surface area contributed by atoms with Crippen LogP contribution in [-0.4, -0.2) is 21.1 Å². The summed E-state index contributed by atoms with van der Waals surface area (Å²) in [5, 5.41) is 9.23. The van der Waals surface area contributed by atoms with Gasteiger partial charge < -0.3 is 9.51 Å². The molecule has 90 valence electrons. The molecule has 0 atom stereocenters. The molecule has 2 heterocycles. The van der Waals surface area contributed by atoms with Crippen molar-refractivity contribution in [2.24, 2.45) is 0 Å². The van der Waals surface area contributed by atoms with Crippen LogP contribution >= 0.6 is 0 Å². The van der Waals surface area contributed by atoms with Gasteiger partial charge in [-0.3, -0.25) is 0 Å². The number of fused-ring (bicyclic) bond motifs is 1. The molecule has 1 N–H and O–H groups in total. The van der Waals surface area contributed by atoms with Crippen LogP contribution in [0.1, 0.15) is 5.69 Å². The Kier molecular flexibility index (Phi) is 2.82. The maximum absolute atomic E-state index is 9.23. The van der Waals surface area contributed by atoms with Crippen LogP contribution in [0.2, 0.25) is 0 Å². The van der Waals surface area contributed by atoms with Gasteiger partial charge in [0.05, 0.1) is 11.4 Å². The molecule has 0 aliphatic rings. The molecule has 3 heteroatoms. The lowest BCUT2D eigenvalue weighted by molar-refractivity contribution is 0.298. The van der Waals surface area contributed by atoms with Crippen LogP contribution in [0.3, 0.4) is 0 Å². The zero-order chi connectivity index (χ0) is 12.4. The van der Waals surface area contributed by atoms with E-state index in [1.165, 1.54) is 0 Å². The lowest BCUT2D eigenvalue weighted by atomic mass is 10.1. The first-order valence-electron chi connectivity index (χ1n) is 6.02. The van der Waals surface area contributed by atoms with Crippen LogP contribution < -0.4 is 0 Å². The van der Waals surface area contributed by atoms with Gasteiger partial charge in [-0.15, -0.1) is 0 Å². The molecule has 0 unspecified atom stereocenters. The standard InChI is InChI=1S/C15H14N2O/c18-11-9-13-15(12-6-2-1-3-7-12)16-14-8-4-5-10-17(13)14/h1-8,10,18H,9,11H2. The normalized spacial score (nSPS) is 10.9. The quantitative estimate of drug-likeness (QED) is 0.761. The molecular formula is C15H14N2O. The second-order valence-corrected chi connectivity index (χ2v) is 4.18. The Hall–Kier alpha value is -2.13. The molecule has 0 aliphatic carbocycles. The maximum Gasteiger partial charge on any atom is 0.137 e. The summed E-state index contributed by atoms with van der Waals surface area (Å²) in [6, 6.07) is 16.0. The summed E-state index contributed by atoms with van der Waals surface area (Å²) in [6.07, 6.45) is 2.59. The monoisotopic (exact) mass is 238 g/mol. The molecule has 0 aliphatic heterocycles. The van der Waals surface area contributed by atoms with Gasteiger partial charge in [0.1, 0.15) is 5.65 Å². The zero-order valence-corrected chi connectivity index (χ0v) is 9.95. The Morgan fingerprint density at radius 3 is 2.56 bits per heavy atom. The number of aromatic nitrogens is 2. The molecule has 18 heavy (non-hydrogen) atoms. The molecule has 0 fully saturated rings. The fourth-order valence-electron chi connectivity index (χ4n) is 2.22. The predicted octanol–water partition coefficient (Wildman–Crippen LogP) is 2.54. The third kappa shape index (κ3) is 1.79. The molecule has 0 radical (unpaired) electrons. The summed E-state index contributed by atoms with van der Waals surface area (Å²) in [5.41, 5.74) is 4.01.